The fourth-order valence-corrected chi connectivity index (χ4v) is 1.97. The molecule has 1 fully saturated rings. The quantitative estimate of drug-likeness (QED) is 0.733. The molecule has 0 spiro atoms. The molecule has 0 radical (unpaired) electrons. The van der Waals surface area contributed by atoms with Gasteiger partial charge in [0.25, 0.3) is 0 Å². The van der Waals surface area contributed by atoms with E-state index in [0.29, 0.717) is 6.04 Å². The van der Waals surface area contributed by atoms with Crippen LogP contribution < -0.4 is 5.32 Å². The van der Waals surface area contributed by atoms with Crippen molar-refractivity contribution in [3.8, 4) is 0 Å². The molecule has 0 bridgehead atoms. The Morgan fingerprint density at radius 1 is 1.33 bits per heavy atom. The molecule has 1 heterocycles. The third-order valence-corrected chi connectivity index (χ3v) is 3.11. The van der Waals surface area contributed by atoms with Crippen molar-refractivity contribution in [2.75, 3.05) is 26.4 Å². The van der Waals surface area contributed by atoms with Gasteiger partial charge in [-0.1, -0.05) is 27.2 Å². The van der Waals surface area contributed by atoms with Gasteiger partial charge in [0.05, 0.1) is 25.9 Å². The lowest BCUT2D eigenvalue weighted by atomic mass is 9.95. The van der Waals surface area contributed by atoms with Crippen molar-refractivity contribution in [1.29, 1.82) is 0 Å². The molecular formula is C12H25NO2. The lowest BCUT2D eigenvalue weighted by Gasteiger charge is -2.32. The van der Waals surface area contributed by atoms with Crippen molar-refractivity contribution >= 4 is 0 Å². The summed E-state index contributed by atoms with van der Waals surface area (Å²) in [5, 5.41) is 3.51. The number of nitrogens with one attached hydrogen (secondary N) is 1. The Bertz CT molecular complexity index is 158. The Labute approximate surface area is 93.5 Å². The van der Waals surface area contributed by atoms with E-state index in [1.54, 1.807) is 0 Å². The Kier molecular flexibility index (Phi) is 6.22. The zero-order valence-corrected chi connectivity index (χ0v) is 10.3. The van der Waals surface area contributed by atoms with Crippen LogP contribution in [0.5, 0.6) is 0 Å². The van der Waals surface area contributed by atoms with Crippen molar-refractivity contribution in [3.05, 3.63) is 0 Å². The minimum absolute atomic E-state index is 0.243. The summed E-state index contributed by atoms with van der Waals surface area (Å²) in [4.78, 5) is 0. The van der Waals surface area contributed by atoms with E-state index >= 15 is 0 Å². The normalized spacial score (nSPS) is 26.2. The largest absolute Gasteiger partial charge is 0.376 e. The van der Waals surface area contributed by atoms with E-state index in [1.807, 2.05) is 0 Å². The van der Waals surface area contributed by atoms with Crippen molar-refractivity contribution in [2.24, 2.45) is 5.92 Å². The molecule has 90 valence electrons. The summed E-state index contributed by atoms with van der Waals surface area (Å²) in [5.74, 6) is 0.750. The first-order valence-corrected chi connectivity index (χ1v) is 6.20. The molecule has 1 N–H and O–H groups in total. The Hall–Kier alpha value is -0.120. The molecule has 3 atom stereocenters. The molecule has 3 nitrogen and oxygen atoms in total. The number of hydrogen-bond donors (Lipinski definition) is 1. The number of likely N-dealkylation sites (N-methyl/N-ethyl adjacent to an activating group) is 1. The molecule has 1 aliphatic rings. The van der Waals surface area contributed by atoms with E-state index < -0.39 is 0 Å². The molecule has 1 saturated heterocycles. The Morgan fingerprint density at radius 2 is 2.13 bits per heavy atom. The maximum Gasteiger partial charge on any atom is 0.0962 e. The van der Waals surface area contributed by atoms with Gasteiger partial charge in [-0.05, 0) is 18.9 Å². The number of hydrogen-bond acceptors (Lipinski definition) is 3. The topological polar surface area (TPSA) is 30.5 Å². The van der Waals surface area contributed by atoms with Gasteiger partial charge in [0.2, 0.25) is 0 Å². The molecule has 15 heavy (non-hydrogen) atoms. The second-order valence-electron chi connectivity index (χ2n) is 4.40. The highest BCUT2D eigenvalue weighted by atomic mass is 16.6. The zero-order valence-electron chi connectivity index (χ0n) is 10.3. The number of ether oxygens (including phenoxy) is 2. The van der Waals surface area contributed by atoms with Gasteiger partial charge in [0, 0.05) is 6.04 Å². The van der Waals surface area contributed by atoms with E-state index in [4.69, 9.17) is 9.47 Å². The maximum absolute atomic E-state index is 5.75. The molecule has 0 amide bonds. The Balaban J connectivity index is 2.39. The van der Waals surface area contributed by atoms with Crippen molar-refractivity contribution in [2.45, 2.75) is 45.8 Å². The van der Waals surface area contributed by atoms with E-state index in [-0.39, 0.29) is 6.10 Å². The molecule has 0 aromatic rings. The van der Waals surface area contributed by atoms with Gasteiger partial charge < -0.3 is 14.8 Å². The highest BCUT2D eigenvalue weighted by Crippen LogP contribution is 2.16. The highest BCUT2D eigenvalue weighted by molar-refractivity contribution is 4.79. The summed E-state index contributed by atoms with van der Waals surface area (Å²) >= 11 is 0. The van der Waals surface area contributed by atoms with Crippen LogP contribution in [-0.4, -0.2) is 38.5 Å². The van der Waals surface area contributed by atoms with Crippen LogP contribution in [0.25, 0.3) is 0 Å². The van der Waals surface area contributed by atoms with Crippen LogP contribution >= 0.6 is 0 Å². The SMILES string of the molecule is CCNC(CC(C)CC)C1COCCO1. The summed E-state index contributed by atoms with van der Waals surface area (Å²) < 4.78 is 11.2. The summed E-state index contributed by atoms with van der Waals surface area (Å²) in [7, 11) is 0. The third kappa shape index (κ3) is 4.49. The van der Waals surface area contributed by atoms with E-state index in [2.05, 4.69) is 26.1 Å². The molecule has 3 heteroatoms. The molecule has 1 rings (SSSR count). The first-order valence-electron chi connectivity index (χ1n) is 6.20. The third-order valence-electron chi connectivity index (χ3n) is 3.11. The summed E-state index contributed by atoms with van der Waals surface area (Å²) in [6.07, 6.45) is 2.65. The lowest BCUT2D eigenvalue weighted by Crippen LogP contribution is -2.47. The minimum atomic E-state index is 0.243. The van der Waals surface area contributed by atoms with Gasteiger partial charge in [0.15, 0.2) is 0 Å². The van der Waals surface area contributed by atoms with Gasteiger partial charge >= 0.3 is 0 Å². The van der Waals surface area contributed by atoms with Crippen LogP contribution in [0.3, 0.4) is 0 Å². The predicted octanol–water partition coefficient (Wildman–Crippen LogP) is 1.82. The first kappa shape index (κ1) is 12.9. The first-order chi connectivity index (χ1) is 7.27. The lowest BCUT2D eigenvalue weighted by molar-refractivity contribution is -0.103. The average Bonchev–Trinajstić information content (AvgIpc) is 2.29. The van der Waals surface area contributed by atoms with Crippen LogP contribution in [0.4, 0.5) is 0 Å². The molecule has 0 saturated carbocycles. The van der Waals surface area contributed by atoms with Crippen molar-refractivity contribution in [1.82, 2.24) is 5.32 Å². The van der Waals surface area contributed by atoms with Crippen molar-refractivity contribution < 1.29 is 9.47 Å². The monoisotopic (exact) mass is 215 g/mol. The van der Waals surface area contributed by atoms with Crippen LogP contribution in [0.2, 0.25) is 0 Å². The fraction of sp³-hybridized carbons (Fsp3) is 1.00. The van der Waals surface area contributed by atoms with Gasteiger partial charge in [-0.25, -0.2) is 0 Å². The maximum atomic E-state index is 5.75. The van der Waals surface area contributed by atoms with E-state index in [0.717, 1.165) is 32.3 Å². The predicted molar refractivity (Wildman–Crippen MR) is 62.1 cm³/mol. The smallest absolute Gasteiger partial charge is 0.0962 e. The zero-order chi connectivity index (χ0) is 11.1. The van der Waals surface area contributed by atoms with E-state index in [1.165, 1.54) is 12.8 Å². The summed E-state index contributed by atoms with van der Waals surface area (Å²) in [5.41, 5.74) is 0. The van der Waals surface area contributed by atoms with Crippen LogP contribution in [-0.2, 0) is 9.47 Å². The molecule has 1 aliphatic heterocycles. The standard InChI is InChI=1S/C12H25NO2/c1-4-10(3)8-11(13-5-2)12-9-14-6-7-15-12/h10-13H,4-9H2,1-3H3. The van der Waals surface area contributed by atoms with Crippen LogP contribution in [0.15, 0.2) is 0 Å². The van der Waals surface area contributed by atoms with Gasteiger partial charge in [-0.15, -0.1) is 0 Å². The molecule has 0 aliphatic carbocycles. The highest BCUT2D eigenvalue weighted by Gasteiger charge is 2.25. The van der Waals surface area contributed by atoms with Crippen molar-refractivity contribution in [3.63, 3.8) is 0 Å². The van der Waals surface area contributed by atoms with Crippen LogP contribution in [0, 0.1) is 5.92 Å². The average molecular weight is 215 g/mol. The second-order valence-corrected chi connectivity index (χ2v) is 4.40. The van der Waals surface area contributed by atoms with Gasteiger partial charge in [-0.2, -0.15) is 0 Å². The number of rotatable bonds is 6. The fourth-order valence-electron chi connectivity index (χ4n) is 1.97. The van der Waals surface area contributed by atoms with E-state index in [9.17, 15) is 0 Å². The van der Waals surface area contributed by atoms with Gasteiger partial charge in [-0.3, -0.25) is 0 Å². The molecule has 0 aromatic carbocycles. The molecule has 0 aromatic heterocycles. The summed E-state index contributed by atoms with van der Waals surface area (Å²) in [6, 6.07) is 0.449. The van der Waals surface area contributed by atoms with Crippen LogP contribution in [0.1, 0.15) is 33.6 Å². The Morgan fingerprint density at radius 3 is 2.67 bits per heavy atom. The minimum Gasteiger partial charge on any atom is -0.376 e. The molecule has 3 unspecified atom stereocenters. The molecular weight excluding hydrogens is 190 g/mol. The second kappa shape index (κ2) is 7.20. The van der Waals surface area contributed by atoms with Gasteiger partial charge in [0.1, 0.15) is 0 Å². The summed E-state index contributed by atoms with van der Waals surface area (Å²) in [6.45, 7) is 9.92.